The first-order valence-electron chi connectivity index (χ1n) is 6.08. The lowest BCUT2D eigenvalue weighted by Gasteiger charge is -2.21. The monoisotopic (exact) mass is 279 g/mol. The SMILES string of the molecule is CNC(Cc1sccc1Cl)c1c(C)cccc1C. The van der Waals surface area contributed by atoms with Crippen molar-refractivity contribution in [3.8, 4) is 0 Å². The van der Waals surface area contributed by atoms with Gasteiger partial charge in [-0.25, -0.2) is 0 Å². The van der Waals surface area contributed by atoms with Crippen LogP contribution in [-0.4, -0.2) is 7.05 Å². The van der Waals surface area contributed by atoms with Crippen LogP contribution in [0.5, 0.6) is 0 Å². The van der Waals surface area contributed by atoms with Crippen LogP contribution in [-0.2, 0) is 6.42 Å². The van der Waals surface area contributed by atoms with Crippen LogP contribution in [0.1, 0.15) is 27.6 Å². The Balaban J connectivity index is 2.32. The third-order valence-corrected chi connectivity index (χ3v) is 4.73. The van der Waals surface area contributed by atoms with E-state index in [2.05, 4.69) is 42.7 Å². The summed E-state index contributed by atoms with van der Waals surface area (Å²) in [5.74, 6) is 0. The van der Waals surface area contributed by atoms with Crippen LogP contribution in [0, 0.1) is 13.8 Å². The normalized spacial score (nSPS) is 12.7. The molecule has 0 radical (unpaired) electrons. The summed E-state index contributed by atoms with van der Waals surface area (Å²) < 4.78 is 0. The highest BCUT2D eigenvalue weighted by molar-refractivity contribution is 7.10. The van der Waals surface area contributed by atoms with E-state index in [4.69, 9.17) is 11.6 Å². The van der Waals surface area contributed by atoms with Crippen molar-refractivity contribution in [3.05, 3.63) is 56.2 Å². The molecule has 0 saturated carbocycles. The minimum absolute atomic E-state index is 0.322. The Hall–Kier alpha value is -0.830. The first-order chi connectivity index (χ1) is 8.63. The molecule has 1 N–H and O–H groups in total. The molecule has 0 saturated heterocycles. The molecule has 1 heterocycles. The number of rotatable bonds is 4. The quantitative estimate of drug-likeness (QED) is 0.868. The summed E-state index contributed by atoms with van der Waals surface area (Å²) in [6.07, 6.45) is 0.943. The van der Waals surface area contributed by atoms with Gasteiger partial charge in [-0.05, 0) is 49.0 Å². The van der Waals surface area contributed by atoms with Crippen molar-refractivity contribution in [1.29, 1.82) is 0 Å². The van der Waals surface area contributed by atoms with Gasteiger partial charge in [0, 0.05) is 17.3 Å². The zero-order chi connectivity index (χ0) is 13.1. The summed E-state index contributed by atoms with van der Waals surface area (Å²) in [7, 11) is 2.01. The van der Waals surface area contributed by atoms with E-state index < -0.39 is 0 Å². The fraction of sp³-hybridized carbons (Fsp3) is 0.333. The van der Waals surface area contributed by atoms with Crippen molar-refractivity contribution in [3.63, 3.8) is 0 Å². The molecule has 0 aliphatic carbocycles. The molecule has 0 fully saturated rings. The second kappa shape index (κ2) is 5.87. The molecule has 0 aliphatic heterocycles. The first-order valence-corrected chi connectivity index (χ1v) is 7.34. The van der Waals surface area contributed by atoms with E-state index in [0.29, 0.717) is 6.04 Å². The molecule has 2 rings (SSSR count). The maximum Gasteiger partial charge on any atom is 0.0545 e. The number of halogens is 1. The molecule has 1 atom stereocenters. The van der Waals surface area contributed by atoms with Crippen molar-refractivity contribution in [2.24, 2.45) is 0 Å². The Morgan fingerprint density at radius 2 is 1.89 bits per heavy atom. The van der Waals surface area contributed by atoms with Crippen LogP contribution >= 0.6 is 22.9 Å². The number of thiophene rings is 1. The van der Waals surface area contributed by atoms with Gasteiger partial charge < -0.3 is 5.32 Å². The molecule has 1 aromatic carbocycles. The van der Waals surface area contributed by atoms with E-state index in [1.165, 1.54) is 21.6 Å². The minimum atomic E-state index is 0.322. The lowest BCUT2D eigenvalue weighted by atomic mass is 9.94. The first kappa shape index (κ1) is 13.6. The van der Waals surface area contributed by atoms with E-state index in [1.807, 2.05) is 13.1 Å². The van der Waals surface area contributed by atoms with Crippen LogP contribution < -0.4 is 5.32 Å². The topological polar surface area (TPSA) is 12.0 Å². The number of aryl methyl sites for hydroxylation is 2. The predicted molar refractivity (Wildman–Crippen MR) is 80.7 cm³/mol. The highest BCUT2D eigenvalue weighted by atomic mass is 35.5. The molecule has 0 amide bonds. The molecule has 3 heteroatoms. The fourth-order valence-electron chi connectivity index (χ4n) is 2.38. The van der Waals surface area contributed by atoms with E-state index in [9.17, 15) is 0 Å². The van der Waals surface area contributed by atoms with Gasteiger partial charge in [-0.3, -0.25) is 0 Å². The van der Waals surface area contributed by atoms with E-state index in [-0.39, 0.29) is 0 Å². The number of nitrogens with one attached hydrogen (secondary N) is 1. The lowest BCUT2D eigenvalue weighted by Crippen LogP contribution is -2.20. The number of likely N-dealkylation sites (N-methyl/N-ethyl adjacent to an activating group) is 1. The van der Waals surface area contributed by atoms with Gasteiger partial charge >= 0.3 is 0 Å². The molecule has 0 bridgehead atoms. The summed E-state index contributed by atoms with van der Waals surface area (Å²) >= 11 is 7.92. The molecule has 2 aromatic rings. The van der Waals surface area contributed by atoms with Gasteiger partial charge in [0.05, 0.1) is 5.02 Å². The third-order valence-electron chi connectivity index (χ3n) is 3.32. The van der Waals surface area contributed by atoms with Crippen molar-refractivity contribution < 1.29 is 0 Å². The van der Waals surface area contributed by atoms with E-state index in [0.717, 1.165) is 11.4 Å². The number of benzene rings is 1. The molecule has 1 nitrogen and oxygen atoms in total. The van der Waals surface area contributed by atoms with Crippen molar-refractivity contribution in [2.75, 3.05) is 7.05 Å². The third kappa shape index (κ3) is 2.77. The average Bonchev–Trinajstić information content (AvgIpc) is 2.73. The van der Waals surface area contributed by atoms with E-state index >= 15 is 0 Å². The number of hydrogen-bond donors (Lipinski definition) is 1. The molecule has 1 unspecified atom stereocenters. The Labute approximate surface area is 118 Å². The molecule has 18 heavy (non-hydrogen) atoms. The van der Waals surface area contributed by atoms with Crippen LogP contribution in [0.3, 0.4) is 0 Å². The maximum absolute atomic E-state index is 6.19. The van der Waals surface area contributed by atoms with E-state index in [1.54, 1.807) is 11.3 Å². The maximum atomic E-state index is 6.19. The van der Waals surface area contributed by atoms with Gasteiger partial charge in [-0.1, -0.05) is 29.8 Å². The average molecular weight is 280 g/mol. The summed E-state index contributed by atoms with van der Waals surface area (Å²) in [4.78, 5) is 1.25. The molecular weight excluding hydrogens is 262 g/mol. The van der Waals surface area contributed by atoms with Crippen LogP contribution in [0.2, 0.25) is 5.02 Å². The van der Waals surface area contributed by atoms with Gasteiger partial charge in [-0.2, -0.15) is 0 Å². The second-order valence-electron chi connectivity index (χ2n) is 4.54. The zero-order valence-electron chi connectivity index (χ0n) is 11.0. The summed E-state index contributed by atoms with van der Waals surface area (Å²) in [5, 5.41) is 6.35. The summed E-state index contributed by atoms with van der Waals surface area (Å²) in [5.41, 5.74) is 4.06. The van der Waals surface area contributed by atoms with Crippen molar-refractivity contribution >= 4 is 22.9 Å². The van der Waals surface area contributed by atoms with Crippen LogP contribution in [0.4, 0.5) is 0 Å². The van der Waals surface area contributed by atoms with Crippen molar-refractivity contribution in [2.45, 2.75) is 26.3 Å². The summed E-state index contributed by atoms with van der Waals surface area (Å²) in [6.45, 7) is 4.34. The molecule has 96 valence electrons. The Morgan fingerprint density at radius 1 is 1.22 bits per heavy atom. The highest BCUT2D eigenvalue weighted by Crippen LogP contribution is 2.30. The largest absolute Gasteiger partial charge is 0.313 e. The van der Waals surface area contributed by atoms with Crippen LogP contribution in [0.15, 0.2) is 29.6 Å². The van der Waals surface area contributed by atoms with Gasteiger partial charge in [0.2, 0.25) is 0 Å². The second-order valence-corrected chi connectivity index (χ2v) is 5.95. The highest BCUT2D eigenvalue weighted by Gasteiger charge is 2.16. The van der Waals surface area contributed by atoms with Crippen LogP contribution in [0.25, 0.3) is 0 Å². The molecule has 1 aromatic heterocycles. The molecule has 0 spiro atoms. The zero-order valence-corrected chi connectivity index (χ0v) is 12.5. The fourth-order valence-corrected chi connectivity index (χ4v) is 3.54. The Bertz CT molecular complexity index is 513. The van der Waals surface area contributed by atoms with Gasteiger partial charge in [0.15, 0.2) is 0 Å². The standard InChI is InChI=1S/C15H18ClNS/c1-10-5-4-6-11(2)15(10)13(17-3)9-14-12(16)7-8-18-14/h4-8,13,17H,9H2,1-3H3. The summed E-state index contributed by atoms with van der Waals surface area (Å²) in [6, 6.07) is 8.74. The van der Waals surface area contributed by atoms with Gasteiger partial charge in [-0.15, -0.1) is 11.3 Å². The van der Waals surface area contributed by atoms with Crippen molar-refractivity contribution in [1.82, 2.24) is 5.32 Å². The lowest BCUT2D eigenvalue weighted by molar-refractivity contribution is 0.590. The minimum Gasteiger partial charge on any atom is -0.313 e. The predicted octanol–water partition coefficient (Wildman–Crippen LogP) is 4.52. The number of hydrogen-bond acceptors (Lipinski definition) is 2. The van der Waals surface area contributed by atoms with Gasteiger partial charge in [0.1, 0.15) is 0 Å². The smallest absolute Gasteiger partial charge is 0.0545 e. The molecule has 0 aliphatic rings. The Kier molecular flexibility index (Phi) is 4.44. The van der Waals surface area contributed by atoms with Gasteiger partial charge in [0.25, 0.3) is 0 Å². The molecular formula is C15H18ClNS. The Morgan fingerprint density at radius 3 is 2.39 bits per heavy atom.